The number of thiazole rings is 1. The number of nitrogens with one attached hydrogen (secondary N) is 1. The molecule has 1 fully saturated rings. The average molecular weight is 367 g/mol. The highest BCUT2D eigenvalue weighted by Crippen LogP contribution is 2.34. The van der Waals surface area contributed by atoms with Crippen LogP contribution in [0.25, 0.3) is 22.0 Å². The highest BCUT2D eigenvalue weighted by atomic mass is 32.1. The van der Waals surface area contributed by atoms with Crippen molar-refractivity contribution in [1.82, 2.24) is 9.88 Å². The van der Waals surface area contributed by atoms with Crippen molar-refractivity contribution >= 4 is 33.1 Å². The van der Waals surface area contributed by atoms with Gasteiger partial charge in [-0.3, -0.25) is 10.1 Å². The van der Waals surface area contributed by atoms with Gasteiger partial charge in [-0.2, -0.15) is 0 Å². The van der Waals surface area contributed by atoms with Crippen molar-refractivity contribution in [3.63, 3.8) is 0 Å². The molecule has 3 aromatic rings. The Balaban J connectivity index is 1.60. The van der Waals surface area contributed by atoms with Crippen LogP contribution in [0.5, 0.6) is 0 Å². The SMILES string of the molecule is Cc1sc(NC(=O)C2CN(C)CCO2)nc1-c1cccc2ccccc12. The minimum absolute atomic E-state index is 0.130. The second kappa shape index (κ2) is 7.15. The number of aromatic nitrogens is 1. The van der Waals surface area contributed by atoms with E-state index < -0.39 is 6.10 Å². The number of likely N-dealkylation sites (N-methyl/N-ethyl adjacent to an activating group) is 1. The van der Waals surface area contributed by atoms with Crippen molar-refractivity contribution in [3.8, 4) is 11.3 Å². The fraction of sp³-hybridized carbons (Fsp3) is 0.300. The van der Waals surface area contributed by atoms with E-state index in [1.165, 1.54) is 22.1 Å². The maximum atomic E-state index is 12.5. The van der Waals surface area contributed by atoms with Gasteiger partial charge in [0.25, 0.3) is 5.91 Å². The van der Waals surface area contributed by atoms with Gasteiger partial charge in [-0.15, -0.1) is 11.3 Å². The Bertz CT molecular complexity index is 948. The van der Waals surface area contributed by atoms with Crippen LogP contribution in [0.1, 0.15) is 4.88 Å². The molecule has 0 radical (unpaired) electrons. The minimum Gasteiger partial charge on any atom is -0.366 e. The number of hydrogen-bond donors (Lipinski definition) is 1. The van der Waals surface area contributed by atoms with Crippen LogP contribution >= 0.6 is 11.3 Å². The Morgan fingerprint density at radius 2 is 2.08 bits per heavy atom. The lowest BCUT2D eigenvalue weighted by molar-refractivity contribution is -0.132. The molecule has 1 atom stereocenters. The number of morpholine rings is 1. The summed E-state index contributed by atoms with van der Waals surface area (Å²) in [6, 6.07) is 14.5. The van der Waals surface area contributed by atoms with E-state index >= 15 is 0 Å². The van der Waals surface area contributed by atoms with Crippen LogP contribution in [-0.4, -0.2) is 48.6 Å². The smallest absolute Gasteiger partial charge is 0.256 e. The number of carbonyl (C=O) groups excluding carboxylic acids is 1. The molecule has 6 heteroatoms. The monoisotopic (exact) mass is 367 g/mol. The summed E-state index contributed by atoms with van der Waals surface area (Å²) in [6.45, 7) is 4.07. The van der Waals surface area contributed by atoms with Crippen molar-refractivity contribution in [3.05, 3.63) is 47.3 Å². The van der Waals surface area contributed by atoms with Gasteiger partial charge in [0.2, 0.25) is 0 Å². The topological polar surface area (TPSA) is 54.5 Å². The van der Waals surface area contributed by atoms with Crippen molar-refractivity contribution in [2.45, 2.75) is 13.0 Å². The molecule has 2 aromatic carbocycles. The second-order valence-corrected chi connectivity index (χ2v) is 7.76. The summed E-state index contributed by atoms with van der Waals surface area (Å²) in [5, 5.41) is 5.89. The fourth-order valence-corrected chi connectivity index (χ4v) is 4.08. The molecule has 1 N–H and O–H groups in total. The Morgan fingerprint density at radius 1 is 1.27 bits per heavy atom. The van der Waals surface area contributed by atoms with Gasteiger partial charge in [-0.25, -0.2) is 4.98 Å². The number of fused-ring (bicyclic) bond motifs is 1. The molecule has 0 bridgehead atoms. The third-order valence-corrected chi connectivity index (χ3v) is 5.52. The standard InChI is InChI=1S/C20H21N3O2S/c1-13-18(16-9-5-7-14-6-3-4-8-15(14)16)21-20(26-13)22-19(24)17-12-23(2)10-11-25-17/h3-9,17H,10-12H2,1-2H3,(H,21,22,24). The highest BCUT2D eigenvalue weighted by molar-refractivity contribution is 7.16. The molecule has 1 aliphatic heterocycles. The Labute approximate surface area is 156 Å². The van der Waals surface area contributed by atoms with Gasteiger partial charge in [0, 0.05) is 23.5 Å². The predicted molar refractivity (Wildman–Crippen MR) is 106 cm³/mol. The fourth-order valence-electron chi connectivity index (χ4n) is 3.25. The van der Waals surface area contributed by atoms with Crippen LogP contribution in [0.2, 0.25) is 0 Å². The maximum absolute atomic E-state index is 12.5. The number of amides is 1. The molecule has 2 heterocycles. The van der Waals surface area contributed by atoms with E-state index in [9.17, 15) is 4.79 Å². The summed E-state index contributed by atoms with van der Waals surface area (Å²) in [7, 11) is 1.99. The van der Waals surface area contributed by atoms with Gasteiger partial charge in [-0.05, 0) is 24.7 Å². The van der Waals surface area contributed by atoms with Crippen LogP contribution in [0.4, 0.5) is 5.13 Å². The summed E-state index contributed by atoms with van der Waals surface area (Å²) in [6.07, 6.45) is -0.445. The molecular formula is C20H21N3O2S. The molecule has 4 rings (SSSR count). The molecule has 1 saturated heterocycles. The van der Waals surface area contributed by atoms with E-state index in [4.69, 9.17) is 9.72 Å². The van der Waals surface area contributed by atoms with Gasteiger partial charge >= 0.3 is 0 Å². The number of hydrogen-bond acceptors (Lipinski definition) is 5. The number of ether oxygens (including phenoxy) is 1. The molecular weight excluding hydrogens is 346 g/mol. The van der Waals surface area contributed by atoms with Gasteiger partial charge in [0.15, 0.2) is 5.13 Å². The summed E-state index contributed by atoms with van der Waals surface area (Å²) >= 11 is 1.50. The first-order chi connectivity index (χ1) is 12.6. The van der Waals surface area contributed by atoms with Crippen LogP contribution in [0.3, 0.4) is 0 Å². The third-order valence-electron chi connectivity index (χ3n) is 4.63. The van der Waals surface area contributed by atoms with E-state index in [0.717, 1.165) is 22.7 Å². The molecule has 0 aliphatic carbocycles. The van der Waals surface area contributed by atoms with Crippen LogP contribution in [-0.2, 0) is 9.53 Å². The molecule has 1 aliphatic rings. The highest BCUT2D eigenvalue weighted by Gasteiger charge is 2.26. The number of carbonyl (C=O) groups is 1. The average Bonchev–Trinajstić information content (AvgIpc) is 3.01. The number of rotatable bonds is 3. The van der Waals surface area contributed by atoms with Crippen LogP contribution in [0.15, 0.2) is 42.5 Å². The lowest BCUT2D eigenvalue weighted by Crippen LogP contribution is -2.46. The number of anilines is 1. The molecule has 0 spiro atoms. The number of nitrogens with zero attached hydrogens (tertiary/aromatic N) is 2. The van der Waals surface area contributed by atoms with Crippen molar-refractivity contribution in [1.29, 1.82) is 0 Å². The molecule has 134 valence electrons. The second-order valence-electron chi connectivity index (χ2n) is 6.56. The lowest BCUT2D eigenvalue weighted by Gasteiger charge is -2.28. The number of benzene rings is 2. The molecule has 26 heavy (non-hydrogen) atoms. The van der Waals surface area contributed by atoms with E-state index in [1.54, 1.807) is 0 Å². The first kappa shape index (κ1) is 17.1. The van der Waals surface area contributed by atoms with E-state index in [0.29, 0.717) is 18.3 Å². The Kier molecular flexibility index (Phi) is 4.72. The zero-order chi connectivity index (χ0) is 18.1. The first-order valence-electron chi connectivity index (χ1n) is 8.68. The molecule has 1 unspecified atom stereocenters. The molecule has 1 aromatic heterocycles. The molecule has 0 saturated carbocycles. The van der Waals surface area contributed by atoms with E-state index in [2.05, 4.69) is 34.5 Å². The third kappa shape index (κ3) is 3.35. The summed E-state index contributed by atoms with van der Waals surface area (Å²) in [4.78, 5) is 20.4. The van der Waals surface area contributed by atoms with E-state index in [-0.39, 0.29) is 5.91 Å². The Hall–Kier alpha value is -2.28. The van der Waals surface area contributed by atoms with Crippen molar-refractivity contribution in [2.24, 2.45) is 0 Å². The van der Waals surface area contributed by atoms with Gasteiger partial charge < -0.3 is 9.64 Å². The quantitative estimate of drug-likeness (QED) is 0.769. The number of aryl methyl sites for hydroxylation is 1. The summed E-state index contributed by atoms with van der Waals surface area (Å²) in [5.41, 5.74) is 2.01. The summed E-state index contributed by atoms with van der Waals surface area (Å²) < 4.78 is 5.58. The van der Waals surface area contributed by atoms with Crippen molar-refractivity contribution in [2.75, 3.05) is 32.1 Å². The zero-order valence-electron chi connectivity index (χ0n) is 14.9. The normalized spacial score (nSPS) is 18.2. The molecule has 5 nitrogen and oxygen atoms in total. The lowest BCUT2D eigenvalue weighted by atomic mass is 10.0. The van der Waals surface area contributed by atoms with Crippen LogP contribution < -0.4 is 5.32 Å². The zero-order valence-corrected chi connectivity index (χ0v) is 15.7. The van der Waals surface area contributed by atoms with Gasteiger partial charge in [-0.1, -0.05) is 42.5 Å². The largest absolute Gasteiger partial charge is 0.366 e. The van der Waals surface area contributed by atoms with Gasteiger partial charge in [0.1, 0.15) is 6.10 Å². The summed E-state index contributed by atoms with van der Waals surface area (Å²) in [5.74, 6) is -0.130. The van der Waals surface area contributed by atoms with Gasteiger partial charge in [0.05, 0.1) is 12.3 Å². The predicted octanol–water partition coefficient (Wildman–Crippen LogP) is 3.54. The van der Waals surface area contributed by atoms with Crippen molar-refractivity contribution < 1.29 is 9.53 Å². The molecule has 1 amide bonds. The Morgan fingerprint density at radius 3 is 2.92 bits per heavy atom. The first-order valence-corrected chi connectivity index (χ1v) is 9.50. The van der Waals surface area contributed by atoms with E-state index in [1.807, 2.05) is 32.2 Å². The van der Waals surface area contributed by atoms with Crippen LogP contribution in [0, 0.1) is 6.92 Å². The minimum atomic E-state index is -0.445. The maximum Gasteiger partial charge on any atom is 0.256 e.